The van der Waals surface area contributed by atoms with Crippen LogP contribution in [0, 0.1) is 5.92 Å². The largest absolute Gasteiger partial charge is 0.326 e. The normalized spacial score (nSPS) is 16.7. The molecule has 0 aliphatic carbocycles. The number of benzene rings is 2. The Labute approximate surface area is 150 Å². The van der Waals surface area contributed by atoms with Gasteiger partial charge in [0.25, 0.3) is 0 Å². The number of hydrogen-bond donors (Lipinski definition) is 2. The first kappa shape index (κ1) is 16.1. The van der Waals surface area contributed by atoms with Crippen LogP contribution in [0.4, 0.5) is 11.4 Å². The third-order valence-corrected chi connectivity index (χ3v) is 4.53. The summed E-state index contributed by atoms with van der Waals surface area (Å²) in [7, 11) is 0. The number of para-hydroxylation sites is 1. The van der Waals surface area contributed by atoms with Crippen molar-refractivity contribution in [1.82, 2.24) is 10.2 Å². The first-order valence-corrected chi connectivity index (χ1v) is 8.47. The van der Waals surface area contributed by atoms with Crippen LogP contribution in [-0.2, 0) is 9.59 Å². The molecule has 2 amide bonds. The van der Waals surface area contributed by atoms with Crippen molar-refractivity contribution in [3.05, 3.63) is 66.9 Å². The van der Waals surface area contributed by atoms with Gasteiger partial charge in [0.15, 0.2) is 0 Å². The molecule has 6 heteroatoms. The number of aromatic amines is 1. The van der Waals surface area contributed by atoms with Crippen LogP contribution in [0.1, 0.15) is 6.42 Å². The summed E-state index contributed by atoms with van der Waals surface area (Å²) in [5, 5.41) is 9.74. The Kier molecular flexibility index (Phi) is 4.23. The zero-order valence-corrected chi connectivity index (χ0v) is 14.1. The summed E-state index contributed by atoms with van der Waals surface area (Å²) >= 11 is 0. The lowest BCUT2D eigenvalue weighted by Gasteiger charge is -2.16. The van der Waals surface area contributed by atoms with Crippen LogP contribution in [0.2, 0.25) is 0 Å². The molecule has 1 unspecified atom stereocenters. The Morgan fingerprint density at radius 2 is 1.85 bits per heavy atom. The highest BCUT2D eigenvalue weighted by Crippen LogP contribution is 2.26. The SMILES string of the molecule is O=C(Nc1ccc(-c2ccn[nH]2)cc1)C1CC(=O)N(c2ccccc2)C1. The Hall–Kier alpha value is -3.41. The summed E-state index contributed by atoms with van der Waals surface area (Å²) in [6.07, 6.45) is 1.92. The topological polar surface area (TPSA) is 78.1 Å². The fraction of sp³-hybridized carbons (Fsp3) is 0.150. The molecule has 1 aromatic heterocycles. The molecule has 2 heterocycles. The van der Waals surface area contributed by atoms with E-state index >= 15 is 0 Å². The van der Waals surface area contributed by atoms with Crippen molar-refractivity contribution in [2.24, 2.45) is 5.92 Å². The number of carbonyl (C=O) groups is 2. The van der Waals surface area contributed by atoms with E-state index in [-0.39, 0.29) is 24.2 Å². The molecule has 0 radical (unpaired) electrons. The number of rotatable bonds is 4. The van der Waals surface area contributed by atoms with Crippen LogP contribution in [0.5, 0.6) is 0 Å². The van der Waals surface area contributed by atoms with Gasteiger partial charge in [0, 0.05) is 30.5 Å². The highest BCUT2D eigenvalue weighted by atomic mass is 16.2. The van der Waals surface area contributed by atoms with E-state index in [0.717, 1.165) is 16.9 Å². The van der Waals surface area contributed by atoms with Crippen LogP contribution in [0.3, 0.4) is 0 Å². The first-order valence-electron chi connectivity index (χ1n) is 8.47. The maximum atomic E-state index is 12.5. The van der Waals surface area contributed by atoms with Crippen molar-refractivity contribution in [3.63, 3.8) is 0 Å². The van der Waals surface area contributed by atoms with Crippen LogP contribution in [0.25, 0.3) is 11.3 Å². The molecule has 1 aliphatic heterocycles. The van der Waals surface area contributed by atoms with Crippen LogP contribution < -0.4 is 10.2 Å². The lowest BCUT2D eigenvalue weighted by atomic mass is 10.1. The zero-order chi connectivity index (χ0) is 17.9. The number of anilines is 2. The van der Waals surface area contributed by atoms with Crippen molar-refractivity contribution in [2.75, 3.05) is 16.8 Å². The van der Waals surface area contributed by atoms with E-state index in [1.54, 1.807) is 11.1 Å². The summed E-state index contributed by atoms with van der Waals surface area (Å²) in [5.41, 5.74) is 3.45. The maximum Gasteiger partial charge on any atom is 0.229 e. The molecule has 0 spiro atoms. The zero-order valence-electron chi connectivity index (χ0n) is 14.1. The molecule has 1 atom stereocenters. The van der Waals surface area contributed by atoms with E-state index < -0.39 is 0 Å². The quantitative estimate of drug-likeness (QED) is 0.762. The Balaban J connectivity index is 1.41. The van der Waals surface area contributed by atoms with Crippen LogP contribution >= 0.6 is 0 Å². The molecule has 130 valence electrons. The van der Waals surface area contributed by atoms with Crippen molar-refractivity contribution >= 4 is 23.2 Å². The maximum absolute atomic E-state index is 12.5. The molecule has 26 heavy (non-hydrogen) atoms. The average Bonchev–Trinajstić information content (AvgIpc) is 3.33. The second-order valence-electron chi connectivity index (χ2n) is 6.28. The number of hydrogen-bond acceptors (Lipinski definition) is 3. The number of nitrogens with one attached hydrogen (secondary N) is 2. The van der Waals surface area contributed by atoms with Gasteiger partial charge in [-0.15, -0.1) is 0 Å². The van der Waals surface area contributed by atoms with E-state index in [1.807, 2.05) is 60.7 Å². The molecule has 3 aromatic rings. The van der Waals surface area contributed by atoms with Gasteiger partial charge in [0.05, 0.1) is 11.6 Å². The van der Waals surface area contributed by atoms with Gasteiger partial charge in [0.1, 0.15) is 0 Å². The van der Waals surface area contributed by atoms with Gasteiger partial charge in [-0.3, -0.25) is 14.7 Å². The second-order valence-corrected chi connectivity index (χ2v) is 6.28. The Bertz CT molecular complexity index is 905. The molecule has 6 nitrogen and oxygen atoms in total. The van der Waals surface area contributed by atoms with Gasteiger partial charge >= 0.3 is 0 Å². The summed E-state index contributed by atoms with van der Waals surface area (Å²) in [4.78, 5) is 26.5. The number of carbonyl (C=O) groups excluding carboxylic acids is 2. The van der Waals surface area contributed by atoms with Crippen LogP contribution in [0.15, 0.2) is 66.9 Å². The van der Waals surface area contributed by atoms with E-state index in [4.69, 9.17) is 0 Å². The van der Waals surface area contributed by atoms with E-state index in [9.17, 15) is 9.59 Å². The fourth-order valence-electron chi connectivity index (χ4n) is 3.13. The monoisotopic (exact) mass is 346 g/mol. The highest BCUT2D eigenvalue weighted by molar-refractivity contribution is 6.03. The van der Waals surface area contributed by atoms with Gasteiger partial charge in [-0.05, 0) is 35.9 Å². The van der Waals surface area contributed by atoms with Crippen molar-refractivity contribution in [3.8, 4) is 11.3 Å². The molecule has 1 fully saturated rings. The standard InChI is InChI=1S/C20H18N4O2/c25-19-12-15(13-24(19)17-4-2-1-3-5-17)20(26)22-16-8-6-14(7-9-16)18-10-11-21-23-18/h1-11,15H,12-13H2,(H,21,23)(H,22,26). The Morgan fingerprint density at radius 3 is 2.54 bits per heavy atom. The molecule has 2 aromatic carbocycles. The summed E-state index contributed by atoms with van der Waals surface area (Å²) in [6.45, 7) is 0.404. The van der Waals surface area contributed by atoms with Crippen LogP contribution in [-0.4, -0.2) is 28.6 Å². The fourth-order valence-corrected chi connectivity index (χ4v) is 3.13. The highest BCUT2D eigenvalue weighted by Gasteiger charge is 2.35. The Morgan fingerprint density at radius 1 is 1.08 bits per heavy atom. The number of H-pyrrole nitrogens is 1. The van der Waals surface area contributed by atoms with Crippen molar-refractivity contribution in [2.45, 2.75) is 6.42 Å². The van der Waals surface area contributed by atoms with Crippen molar-refractivity contribution in [1.29, 1.82) is 0 Å². The minimum Gasteiger partial charge on any atom is -0.326 e. The molecule has 1 saturated heterocycles. The minimum atomic E-state index is -0.352. The number of aromatic nitrogens is 2. The predicted molar refractivity (Wildman–Crippen MR) is 99.6 cm³/mol. The van der Waals surface area contributed by atoms with Crippen molar-refractivity contribution < 1.29 is 9.59 Å². The van der Waals surface area contributed by atoms with Gasteiger partial charge in [-0.25, -0.2) is 0 Å². The summed E-state index contributed by atoms with van der Waals surface area (Å²) in [6, 6.07) is 18.8. The number of nitrogens with zero attached hydrogens (tertiary/aromatic N) is 2. The lowest BCUT2D eigenvalue weighted by Crippen LogP contribution is -2.28. The van der Waals surface area contributed by atoms with Gasteiger partial charge in [-0.2, -0.15) is 5.10 Å². The first-order chi connectivity index (χ1) is 12.7. The smallest absolute Gasteiger partial charge is 0.229 e. The summed E-state index contributed by atoms with van der Waals surface area (Å²) < 4.78 is 0. The summed E-state index contributed by atoms with van der Waals surface area (Å²) in [5.74, 6) is -0.507. The van der Waals surface area contributed by atoms with Gasteiger partial charge in [-0.1, -0.05) is 30.3 Å². The van der Waals surface area contributed by atoms with E-state index in [0.29, 0.717) is 12.2 Å². The van der Waals surface area contributed by atoms with E-state index in [2.05, 4.69) is 15.5 Å². The minimum absolute atomic E-state index is 0.0223. The molecular formula is C20H18N4O2. The third kappa shape index (κ3) is 3.21. The average molecular weight is 346 g/mol. The number of amides is 2. The molecule has 1 aliphatic rings. The second kappa shape index (κ2) is 6.84. The molecule has 4 rings (SSSR count). The molecular weight excluding hydrogens is 328 g/mol. The predicted octanol–water partition coefficient (Wildman–Crippen LogP) is 3.07. The third-order valence-electron chi connectivity index (χ3n) is 4.53. The molecule has 2 N–H and O–H groups in total. The molecule has 0 saturated carbocycles. The van der Waals surface area contributed by atoms with Gasteiger partial charge < -0.3 is 10.2 Å². The van der Waals surface area contributed by atoms with E-state index in [1.165, 1.54) is 0 Å². The van der Waals surface area contributed by atoms with Gasteiger partial charge in [0.2, 0.25) is 11.8 Å². The molecule has 0 bridgehead atoms. The lowest BCUT2D eigenvalue weighted by molar-refractivity contribution is -0.122.